The summed E-state index contributed by atoms with van der Waals surface area (Å²) in [6, 6.07) is 7.94. The van der Waals surface area contributed by atoms with Gasteiger partial charge in [-0.2, -0.15) is 18.3 Å². The topological polar surface area (TPSA) is 46.9 Å². The molecule has 0 radical (unpaired) electrons. The zero-order valence-corrected chi connectivity index (χ0v) is 11.6. The van der Waals surface area contributed by atoms with Crippen LogP contribution in [-0.2, 0) is 6.18 Å². The van der Waals surface area contributed by atoms with E-state index in [1.165, 1.54) is 12.1 Å². The van der Waals surface area contributed by atoms with E-state index in [1.54, 1.807) is 18.2 Å². The summed E-state index contributed by atoms with van der Waals surface area (Å²) in [7, 11) is 0. The van der Waals surface area contributed by atoms with Crippen molar-refractivity contribution in [3.05, 3.63) is 47.8 Å². The van der Waals surface area contributed by atoms with Crippen molar-refractivity contribution in [3.8, 4) is 5.69 Å². The molecule has 2 aromatic rings. The van der Waals surface area contributed by atoms with Gasteiger partial charge in [-0.15, -0.1) is 0 Å². The normalized spacial score (nSPS) is 14.9. The number of carbonyl (C=O) groups excluding carboxylic acids is 1. The first-order valence-corrected chi connectivity index (χ1v) is 6.95. The maximum atomic E-state index is 13.4. The summed E-state index contributed by atoms with van der Waals surface area (Å²) in [5, 5.41) is 6.30. The van der Waals surface area contributed by atoms with Crippen molar-refractivity contribution in [1.82, 2.24) is 15.1 Å². The van der Waals surface area contributed by atoms with E-state index in [1.807, 2.05) is 0 Å². The molecule has 0 spiro atoms. The Balaban J connectivity index is 1.96. The average molecular weight is 309 g/mol. The van der Waals surface area contributed by atoms with Crippen molar-refractivity contribution in [1.29, 1.82) is 0 Å². The minimum absolute atomic E-state index is 0.260. The molecule has 1 amide bonds. The Morgan fingerprint density at radius 2 is 1.95 bits per heavy atom. The molecule has 1 heterocycles. The summed E-state index contributed by atoms with van der Waals surface area (Å²) in [6.45, 7) is 0.409. The Morgan fingerprint density at radius 1 is 1.27 bits per heavy atom. The molecule has 3 rings (SSSR count). The molecule has 1 aromatic carbocycles. The van der Waals surface area contributed by atoms with Gasteiger partial charge >= 0.3 is 6.18 Å². The maximum absolute atomic E-state index is 13.4. The Bertz CT molecular complexity index is 675. The third kappa shape index (κ3) is 2.98. The number of halogens is 3. The monoisotopic (exact) mass is 309 g/mol. The van der Waals surface area contributed by atoms with E-state index in [2.05, 4.69) is 10.4 Å². The SMILES string of the molecule is O=C(NCC1CC1)c1cnn(-c2ccccc2)c1C(F)(F)F. The number of benzene rings is 1. The maximum Gasteiger partial charge on any atom is 0.434 e. The van der Waals surface area contributed by atoms with E-state index in [4.69, 9.17) is 0 Å². The smallest absolute Gasteiger partial charge is 0.352 e. The number of rotatable bonds is 4. The third-order valence-electron chi connectivity index (χ3n) is 3.53. The van der Waals surface area contributed by atoms with Crippen molar-refractivity contribution in [3.63, 3.8) is 0 Å². The van der Waals surface area contributed by atoms with E-state index < -0.39 is 23.3 Å². The van der Waals surface area contributed by atoms with Crippen LogP contribution in [0.2, 0.25) is 0 Å². The molecule has 1 aliphatic rings. The Kier molecular flexibility index (Phi) is 3.64. The standard InChI is InChI=1S/C15H14F3N3O/c16-15(17,18)13-12(14(22)19-8-10-6-7-10)9-20-21(13)11-4-2-1-3-5-11/h1-5,9-10H,6-8H2,(H,19,22). The zero-order chi connectivity index (χ0) is 15.7. The molecule has 1 fully saturated rings. The van der Waals surface area contributed by atoms with Gasteiger partial charge in [0.1, 0.15) is 0 Å². The number of nitrogens with zero attached hydrogens (tertiary/aromatic N) is 2. The van der Waals surface area contributed by atoms with Crippen LogP contribution in [0.1, 0.15) is 28.9 Å². The molecular formula is C15H14F3N3O. The van der Waals surface area contributed by atoms with Crippen molar-refractivity contribution < 1.29 is 18.0 Å². The quantitative estimate of drug-likeness (QED) is 0.943. The van der Waals surface area contributed by atoms with Crippen LogP contribution < -0.4 is 5.32 Å². The number of nitrogens with one attached hydrogen (secondary N) is 1. The fourth-order valence-corrected chi connectivity index (χ4v) is 2.21. The number of hydrogen-bond acceptors (Lipinski definition) is 2. The van der Waals surface area contributed by atoms with Gasteiger partial charge in [0.05, 0.1) is 17.4 Å². The van der Waals surface area contributed by atoms with Crippen molar-refractivity contribution >= 4 is 5.91 Å². The molecule has 1 aromatic heterocycles. The second kappa shape index (κ2) is 5.47. The summed E-state index contributed by atoms with van der Waals surface area (Å²) >= 11 is 0. The van der Waals surface area contributed by atoms with Crippen LogP contribution in [0.5, 0.6) is 0 Å². The minimum atomic E-state index is -4.67. The van der Waals surface area contributed by atoms with Crippen LogP contribution in [-0.4, -0.2) is 22.2 Å². The molecule has 116 valence electrons. The lowest BCUT2D eigenvalue weighted by Gasteiger charge is -2.12. The Hall–Kier alpha value is -2.31. The minimum Gasteiger partial charge on any atom is -0.352 e. The van der Waals surface area contributed by atoms with Crippen LogP contribution in [0, 0.1) is 5.92 Å². The van der Waals surface area contributed by atoms with E-state index in [0.29, 0.717) is 12.5 Å². The molecule has 7 heteroatoms. The molecule has 0 unspecified atom stereocenters. The van der Waals surface area contributed by atoms with Crippen molar-refractivity contribution in [2.75, 3.05) is 6.54 Å². The van der Waals surface area contributed by atoms with Gasteiger partial charge in [0, 0.05) is 6.54 Å². The Morgan fingerprint density at radius 3 is 2.55 bits per heavy atom. The highest BCUT2D eigenvalue weighted by atomic mass is 19.4. The van der Waals surface area contributed by atoms with Gasteiger partial charge in [-0.1, -0.05) is 18.2 Å². The summed E-state index contributed by atoms with van der Waals surface area (Å²) in [4.78, 5) is 12.0. The molecule has 1 saturated carbocycles. The van der Waals surface area contributed by atoms with Gasteiger partial charge < -0.3 is 5.32 Å². The van der Waals surface area contributed by atoms with E-state index in [9.17, 15) is 18.0 Å². The number of carbonyl (C=O) groups is 1. The second-order valence-electron chi connectivity index (χ2n) is 5.31. The van der Waals surface area contributed by atoms with E-state index >= 15 is 0 Å². The fraction of sp³-hybridized carbons (Fsp3) is 0.333. The Labute approximate surface area is 124 Å². The summed E-state index contributed by atoms with van der Waals surface area (Å²) in [5.41, 5.74) is -1.24. The molecule has 22 heavy (non-hydrogen) atoms. The van der Waals surface area contributed by atoms with Crippen LogP contribution in [0.3, 0.4) is 0 Å². The van der Waals surface area contributed by atoms with Crippen molar-refractivity contribution in [2.45, 2.75) is 19.0 Å². The molecule has 0 saturated heterocycles. The lowest BCUT2D eigenvalue weighted by atomic mass is 10.2. The highest BCUT2D eigenvalue weighted by Gasteiger charge is 2.40. The van der Waals surface area contributed by atoms with E-state index in [0.717, 1.165) is 23.7 Å². The largest absolute Gasteiger partial charge is 0.434 e. The van der Waals surface area contributed by atoms with Gasteiger partial charge in [0.15, 0.2) is 5.69 Å². The van der Waals surface area contributed by atoms with Crippen LogP contribution >= 0.6 is 0 Å². The molecular weight excluding hydrogens is 295 g/mol. The lowest BCUT2D eigenvalue weighted by molar-refractivity contribution is -0.143. The number of hydrogen-bond donors (Lipinski definition) is 1. The predicted molar refractivity (Wildman–Crippen MR) is 73.6 cm³/mol. The van der Waals surface area contributed by atoms with Crippen LogP contribution in [0.15, 0.2) is 36.5 Å². The highest BCUT2D eigenvalue weighted by molar-refractivity contribution is 5.95. The second-order valence-corrected chi connectivity index (χ2v) is 5.31. The van der Waals surface area contributed by atoms with Crippen LogP contribution in [0.25, 0.3) is 5.69 Å². The number of alkyl halides is 3. The number of amides is 1. The van der Waals surface area contributed by atoms with Gasteiger partial charge in [-0.3, -0.25) is 4.79 Å². The number of para-hydroxylation sites is 1. The first kappa shape index (κ1) is 14.6. The summed E-state index contributed by atoms with van der Waals surface area (Å²) in [5.74, 6) is -0.344. The molecule has 0 bridgehead atoms. The highest BCUT2D eigenvalue weighted by Crippen LogP contribution is 2.34. The lowest BCUT2D eigenvalue weighted by Crippen LogP contribution is -2.28. The molecule has 1 N–H and O–H groups in total. The van der Waals surface area contributed by atoms with Gasteiger partial charge in [-0.05, 0) is 30.9 Å². The van der Waals surface area contributed by atoms with E-state index in [-0.39, 0.29) is 5.69 Å². The van der Waals surface area contributed by atoms with Crippen LogP contribution in [0.4, 0.5) is 13.2 Å². The molecule has 0 atom stereocenters. The fourth-order valence-electron chi connectivity index (χ4n) is 2.21. The molecule has 4 nitrogen and oxygen atoms in total. The predicted octanol–water partition coefficient (Wildman–Crippen LogP) is 3.03. The van der Waals surface area contributed by atoms with Gasteiger partial charge in [0.2, 0.25) is 0 Å². The van der Waals surface area contributed by atoms with Gasteiger partial charge in [-0.25, -0.2) is 4.68 Å². The summed E-state index contributed by atoms with van der Waals surface area (Å²) < 4.78 is 40.8. The number of aromatic nitrogens is 2. The first-order valence-electron chi connectivity index (χ1n) is 6.95. The molecule has 1 aliphatic carbocycles. The average Bonchev–Trinajstić information content (AvgIpc) is 3.19. The third-order valence-corrected chi connectivity index (χ3v) is 3.53. The zero-order valence-electron chi connectivity index (χ0n) is 11.6. The molecule has 0 aliphatic heterocycles. The van der Waals surface area contributed by atoms with Gasteiger partial charge in [0.25, 0.3) is 5.91 Å². The summed E-state index contributed by atoms with van der Waals surface area (Å²) in [6.07, 6.45) is -1.68. The van der Waals surface area contributed by atoms with Crippen molar-refractivity contribution in [2.24, 2.45) is 5.92 Å². The first-order chi connectivity index (χ1) is 10.5.